The lowest BCUT2D eigenvalue weighted by atomic mass is 9.86. The van der Waals surface area contributed by atoms with Crippen molar-refractivity contribution in [1.82, 2.24) is 14.6 Å². The van der Waals surface area contributed by atoms with E-state index >= 15 is 0 Å². The first-order valence-electron chi connectivity index (χ1n) is 10.1. The number of nitrogens with zero attached hydrogens (tertiary/aromatic N) is 3. The third-order valence-electron chi connectivity index (χ3n) is 6.26. The van der Waals surface area contributed by atoms with E-state index in [9.17, 15) is 10.2 Å². The van der Waals surface area contributed by atoms with Crippen molar-refractivity contribution in [2.45, 2.75) is 50.9 Å². The molecule has 1 saturated carbocycles. The van der Waals surface area contributed by atoms with Gasteiger partial charge in [-0.05, 0) is 24.5 Å². The van der Waals surface area contributed by atoms with Gasteiger partial charge in [0.15, 0.2) is 5.65 Å². The van der Waals surface area contributed by atoms with E-state index in [-0.39, 0.29) is 17.4 Å². The van der Waals surface area contributed by atoms with Gasteiger partial charge in [0.05, 0.1) is 24.4 Å². The number of rotatable bonds is 3. The Hall–Kier alpha value is -2.64. The standard InChI is InChI=1S/C22H26N4O3/c1-12-9-16(20(28)19(12)27)24-17-7-8-23-18-10-15(25-26(17)18)13-5-4-6-14-21(13)29-11-22(14,2)3/h4-8,10,12,16,19-20,24,27-28H,9,11H2,1-3H3/t12-,16-,19-,20+/m1/s1. The van der Waals surface area contributed by atoms with Gasteiger partial charge in [-0.2, -0.15) is 9.61 Å². The summed E-state index contributed by atoms with van der Waals surface area (Å²) in [4.78, 5) is 4.44. The zero-order valence-corrected chi connectivity index (χ0v) is 16.8. The Bertz CT molecular complexity index is 1080. The topological polar surface area (TPSA) is 91.9 Å². The number of anilines is 1. The molecule has 7 heteroatoms. The number of aliphatic hydroxyl groups is 2. The second-order valence-corrected chi connectivity index (χ2v) is 8.93. The lowest BCUT2D eigenvalue weighted by Crippen LogP contribution is -2.35. The lowest BCUT2D eigenvalue weighted by molar-refractivity contribution is 0.0210. The molecule has 3 heterocycles. The van der Waals surface area contributed by atoms with E-state index in [1.54, 1.807) is 10.7 Å². The largest absolute Gasteiger partial charge is 0.492 e. The molecule has 2 aliphatic rings. The van der Waals surface area contributed by atoms with E-state index in [4.69, 9.17) is 9.84 Å². The zero-order chi connectivity index (χ0) is 20.3. The van der Waals surface area contributed by atoms with Crippen LogP contribution in [0.5, 0.6) is 5.75 Å². The van der Waals surface area contributed by atoms with Crippen LogP contribution >= 0.6 is 0 Å². The highest BCUT2D eigenvalue weighted by Crippen LogP contribution is 2.44. The SMILES string of the molecule is C[C@@H]1C[C@@H](Nc2ccnc3cc(-c4cccc5c4OCC5(C)C)nn23)[C@H](O)[C@@H]1O. The fourth-order valence-electron chi connectivity index (χ4n) is 4.48. The summed E-state index contributed by atoms with van der Waals surface area (Å²) in [6, 6.07) is 9.72. The number of fused-ring (bicyclic) bond motifs is 2. The van der Waals surface area contributed by atoms with Crippen LogP contribution in [0.25, 0.3) is 16.9 Å². The van der Waals surface area contributed by atoms with Gasteiger partial charge in [0.25, 0.3) is 0 Å². The van der Waals surface area contributed by atoms with Crippen LogP contribution < -0.4 is 10.1 Å². The predicted octanol–water partition coefficient (Wildman–Crippen LogP) is 2.61. The molecule has 1 fully saturated rings. The summed E-state index contributed by atoms with van der Waals surface area (Å²) in [5.41, 5.74) is 3.62. The number of para-hydroxylation sites is 1. The monoisotopic (exact) mass is 394 g/mol. The van der Waals surface area contributed by atoms with E-state index in [1.807, 2.05) is 31.2 Å². The molecule has 29 heavy (non-hydrogen) atoms. The molecule has 0 spiro atoms. The Balaban J connectivity index is 1.53. The van der Waals surface area contributed by atoms with E-state index in [0.717, 1.165) is 22.8 Å². The molecular weight excluding hydrogens is 368 g/mol. The quantitative estimate of drug-likeness (QED) is 0.633. The summed E-state index contributed by atoms with van der Waals surface area (Å²) in [6.07, 6.45) is 0.885. The first-order chi connectivity index (χ1) is 13.8. The van der Waals surface area contributed by atoms with Gasteiger partial charge < -0.3 is 20.3 Å². The molecular formula is C22H26N4O3. The van der Waals surface area contributed by atoms with Crippen molar-refractivity contribution in [3.05, 3.63) is 42.1 Å². The van der Waals surface area contributed by atoms with Crippen LogP contribution in [0.15, 0.2) is 36.5 Å². The molecule has 1 aliphatic heterocycles. The van der Waals surface area contributed by atoms with Crippen LogP contribution in [0.4, 0.5) is 5.82 Å². The minimum atomic E-state index is -0.809. The van der Waals surface area contributed by atoms with Gasteiger partial charge in [-0.25, -0.2) is 4.98 Å². The van der Waals surface area contributed by atoms with Crippen molar-refractivity contribution in [2.75, 3.05) is 11.9 Å². The molecule has 4 atom stereocenters. The van der Waals surface area contributed by atoms with Gasteiger partial charge in [-0.3, -0.25) is 0 Å². The number of hydrogen-bond acceptors (Lipinski definition) is 6. The maximum Gasteiger partial charge on any atom is 0.157 e. The Labute approximate surface area is 169 Å². The van der Waals surface area contributed by atoms with Crippen molar-refractivity contribution < 1.29 is 14.9 Å². The lowest BCUT2D eigenvalue weighted by Gasteiger charge is -2.19. The zero-order valence-electron chi connectivity index (χ0n) is 16.8. The van der Waals surface area contributed by atoms with Crippen molar-refractivity contribution in [3.63, 3.8) is 0 Å². The van der Waals surface area contributed by atoms with E-state index in [1.165, 1.54) is 5.56 Å². The minimum absolute atomic E-state index is 0.0222. The number of hydrogen-bond donors (Lipinski definition) is 3. The third kappa shape index (κ3) is 2.88. The Morgan fingerprint density at radius 3 is 2.79 bits per heavy atom. The number of aromatic nitrogens is 3. The molecule has 152 valence electrons. The smallest absolute Gasteiger partial charge is 0.157 e. The van der Waals surface area contributed by atoms with Crippen LogP contribution in [0.2, 0.25) is 0 Å². The van der Waals surface area contributed by atoms with Crippen molar-refractivity contribution in [1.29, 1.82) is 0 Å². The maximum absolute atomic E-state index is 10.3. The highest BCUT2D eigenvalue weighted by atomic mass is 16.5. The fraction of sp³-hybridized carbons (Fsp3) is 0.455. The maximum atomic E-state index is 10.3. The molecule has 5 rings (SSSR count). The van der Waals surface area contributed by atoms with Gasteiger partial charge in [-0.15, -0.1) is 0 Å². The van der Waals surface area contributed by atoms with Crippen molar-refractivity contribution >= 4 is 11.5 Å². The fourth-order valence-corrected chi connectivity index (χ4v) is 4.48. The molecule has 0 radical (unpaired) electrons. The first kappa shape index (κ1) is 18.4. The molecule has 3 N–H and O–H groups in total. The Kier molecular flexibility index (Phi) is 4.08. The summed E-state index contributed by atoms with van der Waals surface area (Å²) in [7, 11) is 0. The van der Waals surface area contributed by atoms with Crippen LogP contribution in [0, 0.1) is 5.92 Å². The first-order valence-corrected chi connectivity index (χ1v) is 10.1. The molecule has 0 bridgehead atoms. The van der Waals surface area contributed by atoms with Crippen LogP contribution in [0.1, 0.15) is 32.8 Å². The number of ether oxygens (including phenoxy) is 1. The summed E-state index contributed by atoms with van der Waals surface area (Å²) < 4.78 is 7.77. The van der Waals surface area contributed by atoms with Crippen LogP contribution in [0.3, 0.4) is 0 Å². The summed E-state index contributed by atoms with van der Waals surface area (Å²) in [5, 5.41) is 28.5. The summed E-state index contributed by atoms with van der Waals surface area (Å²) in [5.74, 6) is 1.67. The molecule has 7 nitrogen and oxygen atoms in total. The van der Waals surface area contributed by atoms with E-state index < -0.39 is 12.2 Å². The molecule has 1 aromatic carbocycles. The summed E-state index contributed by atoms with van der Waals surface area (Å²) in [6.45, 7) is 6.95. The third-order valence-corrected chi connectivity index (χ3v) is 6.26. The molecule has 0 saturated heterocycles. The Morgan fingerprint density at radius 2 is 2.03 bits per heavy atom. The van der Waals surface area contributed by atoms with E-state index in [2.05, 4.69) is 30.2 Å². The molecule has 0 amide bonds. The number of aliphatic hydroxyl groups excluding tert-OH is 2. The summed E-state index contributed by atoms with van der Waals surface area (Å²) >= 11 is 0. The molecule has 0 unspecified atom stereocenters. The van der Waals surface area contributed by atoms with Gasteiger partial charge in [0.2, 0.25) is 0 Å². The van der Waals surface area contributed by atoms with Gasteiger partial charge in [-0.1, -0.05) is 32.9 Å². The molecule has 3 aromatic rings. The average Bonchev–Trinajstić information content (AvgIpc) is 3.34. The Morgan fingerprint density at radius 1 is 1.21 bits per heavy atom. The van der Waals surface area contributed by atoms with Gasteiger partial charge in [0, 0.05) is 28.8 Å². The number of nitrogens with one attached hydrogen (secondary N) is 1. The van der Waals surface area contributed by atoms with Crippen molar-refractivity contribution in [2.24, 2.45) is 5.92 Å². The second kappa shape index (κ2) is 6.43. The molecule has 1 aliphatic carbocycles. The molecule has 2 aromatic heterocycles. The highest BCUT2D eigenvalue weighted by molar-refractivity contribution is 5.74. The normalized spacial score (nSPS) is 27.8. The van der Waals surface area contributed by atoms with Crippen LogP contribution in [-0.4, -0.2) is 49.7 Å². The minimum Gasteiger partial charge on any atom is -0.492 e. The van der Waals surface area contributed by atoms with Crippen molar-refractivity contribution in [3.8, 4) is 17.0 Å². The average molecular weight is 394 g/mol. The van der Waals surface area contributed by atoms with E-state index in [0.29, 0.717) is 18.7 Å². The van der Waals surface area contributed by atoms with Gasteiger partial charge in [0.1, 0.15) is 17.7 Å². The predicted molar refractivity (Wildman–Crippen MR) is 110 cm³/mol. The second-order valence-electron chi connectivity index (χ2n) is 8.93. The van der Waals surface area contributed by atoms with Crippen LogP contribution in [-0.2, 0) is 5.41 Å². The highest BCUT2D eigenvalue weighted by Gasteiger charge is 2.39. The number of benzene rings is 1. The van der Waals surface area contributed by atoms with Gasteiger partial charge >= 0.3 is 0 Å².